The number of aliphatic hydroxyl groups is 2. The van der Waals surface area contributed by atoms with E-state index in [4.69, 9.17) is 9.42 Å². The van der Waals surface area contributed by atoms with Crippen LogP contribution >= 0.6 is 7.82 Å². The van der Waals surface area contributed by atoms with Crippen LogP contribution in [0.3, 0.4) is 0 Å². The van der Waals surface area contributed by atoms with Crippen molar-refractivity contribution in [1.29, 1.82) is 0 Å². The zero-order valence-electron chi connectivity index (χ0n) is 17.2. The Morgan fingerprint density at radius 1 is 1.04 bits per heavy atom. The normalized spacial score (nSPS) is 19.6. The fourth-order valence-electron chi connectivity index (χ4n) is 3.21. The predicted molar refractivity (Wildman–Crippen MR) is 101 cm³/mol. The van der Waals surface area contributed by atoms with E-state index in [-0.39, 0.29) is 6.54 Å². The third-order valence-electron chi connectivity index (χ3n) is 4.58. The molecule has 0 aromatic heterocycles. The molecule has 0 aliphatic rings. The summed E-state index contributed by atoms with van der Waals surface area (Å²) in [6, 6.07) is 0. The highest BCUT2D eigenvalue weighted by Gasteiger charge is 2.43. The van der Waals surface area contributed by atoms with Crippen LogP contribution in [0.4, 0.5) is 0 Å². The molecule has 0 saturated carbocycles. The van der Waals surface area contributed by atoms with Crippen molar-refractivity contribution in [2.24, 2.45) is 0 Å². The lowest BCUT2D eigenvalue weighted by Crippen LogP contribution is -2.55. The first-order valence-corrected chi connectivity index (χ1v) is 11.3. The number of phosphoric ester groups is 1. The predicted octanol–water partition coefficient (Wildman–Crippen LogP) is 2.18. The second-order valence-electron chi connectivity index (χ2n) is 8.40. The van der Waals surface area contributed by atoms with Gasteiger partial charge in [-0.1, -0.05) is 58.8 Å². The van der Waals surface area contributed by atoms with Gasteiger partial charge in [-0.2, -0.15) is 0 Å². The van der Waals surface area contributed by atoms with Crippen LogP contribution in [0, 0.1) is 0 Å². The van der Waals surface area contributed by atoms with E-state index in [1.165, 1.54) is 0 Å². The minimum absolute atomic E-state index is 0.138. The van der Waals surface area contributed by atoms with Crippen LogP contribution in [0.1, 0.15) is 71.6 Å². The number of likely N-dealkylation sites (N-methyl/N-ethyl adjacent to an activating group) is 1. The van der Waals surface area contributed by atoms with Gasteiger partial charge in [0.2, 0.25) is 0 Å². The van der Waals surface area contributed by atoms with Crippen molar-refractivity contribution in [3.8, 4) is 0 Å². The summed E-state index contributed by atoms with van der Waals surface area (Å²) >= 11 is 0. The molecular weight excluding hydrogens is 357 g/mol. The maximum Gasteiger partial charge on any atom is 0.265 e. The van der Waals surface area contributed by atoms with Gasteiger partial charge < -0.3 is 29.0 Å². The third kappa shape index (κ3) is 11.7. The van der Waals surface area contributed by atoms with Crippen LogP contribution in [0.15, 0.2) is 0 Å². The van der Waals surface area contributed by atoms with Gasteiger partial charge in [-0.05, 0) is 12.8 Å². The highest BCUT2D eigenvalue weighted by Crippen LogP contribution is 2.37. The van der Waals surface area contributed by atoms with E-state index in [1.54, 1.807) is 0 Å². The minimum Gasteiger partial charge on any atom is -0.756 e. The molecule has 0 aromatic rings. The Hall–Kier alpha value is -0.0100. The Morgan fingerprint density at radius 3 is 1.92 bits per heavy atom. The van der Waals surface area contributed by atoms with Crippen LogP contribution in [-0.2, 0) is 9.09 Å². The lowest BCUT2D eigenvalue weighted by Gasteiger charge is -2.40. The molecule has 158 valence electrons. The second kappa shape index (κ2) is 11.7. The van der Waals surface area contributed by atoms with Crippen molar-refractivity contribution >= 4 is 7.82 Å². The molecule has 0 bridgehead atoms. The van der Waals surface area contributed by atoms with Gasteiger partial charge in [0.05, 0.1) is 26.7 Å². The Labute approximate surface area is 159 Å². The van der Waals surface area contributed by atoms with Crippen molar-refractivity contribution in [3.05, 3.63) is 0 Å². The number of phosphoric acid groups is 1. The molecule has 0 heterocycles. The van der Waals surface area contributed by atoms with Crippen LogP contribution in [0.25, 0.3) is 0 Å². The molecule has 0 saturated heterocycles. The molecule has 0 radical (unpaired) electrons. The number of quaternary nitrogens is 1. The van der Waals surface area contributed by atoms with Gasteiger partial charge in [-0.25, -0.2) is 0 Å². The number of rotatable bonds is 15. The molecule has 0 aliphatic heterocycles. The van der Waals surface area contributed by atoms with E-state index in [2.05, 4.69) is 13.8 Å². The lowest BCUT2D eigenvalue weighted by molar-refractivity contribution is -0.873. The number of hydrogen-bond donors (Lipinski definition) is 3. The molecule has 4 unspecified atom stereocenters. The fraction of sp³-hybridized carbons (Fsp3) is 1.00. The van der Waals surface area contributed by atoms with Crippen molar-refractivity contribution < 1.29 is 33.6 Å². The summed E-state index contributed by atoms with van der Waals surface area (Å²) < 4.78 is 16.4. The molecule has 3 N–H and O–H groups in total. The lowest BCUT2D eigenvalue weighted by atomic mass is 9.82. The molecule has 0 rings (SSSR count). The number of hydrogen-bond acceptors (Lipinski definition) is 5. The molecule has 26 heavy (non-hydrogen) atoms. The molecule has 4 atom stereocenters. The average molecular weight is 397 g/mol. The van der Waals surface area contributed by atoms with Crippen molar-refractivity contribution in [2.75, 3.05) is 27.7 Å². The smallest absolute Gasteiger partial charge is 0.265 e. The van der Waals surface area contributed by atoms with Gasteiger partial charge in [0.25, 0.3) is 7.82 Å². The quantitative estimate of drug-likeness (QED) is 0.222. The Bertz CT molecular complexity index is 422. The standard InChI is InChI=1S/C18H40NO6P/c1-6-8-10-12-14-18(21,13-11-9-7-2)17(20)16(15-19(3,4)5)25-26(22,23)24/h16-17,20-21H,6-15H2,1-5H3,(H-,22,23,24). The summed E-state index contributed by atoms with van der Waals surface area (Å²) in [5, 5.41) is 22.0. The summed E-state index contributed by atoms with van der Waals surface area (Å²) in [4.78, 5) is 20.4. The highest BCUT2D eigenvalue weighted by atomic mass is 31.2. The van der Waals surface area contributed by atoms with E-state index >= 15 is 0 Å². The first kappa shape index (κ1) is 26.0. The second-order valence-corrected chi connectivity index (χ2v) is 9.55. The largest absolute Gasteiger partial charge is 0.756 e. The molecule has 0 aromatic carbocycles. The van der Waals surface area contributed by atoms with Crippen molar-refractivity contribution in [1.82, 2.24) is 0 Å². The number of aliphatic hydroxyl groups excluding tert-OH is 1. The topological polar surface area (TPSA) is 110 Å². The molecule has 7 nitrogen and oxygen atoms in total. The fourth-order valence-corrected chi connectivity index (χ4v) is 3.73. The van der Waals surface area contributed by atoms with Crippen LogP contribution in [0.5, 0.6) is 0 Å². The zero-order valence-corrected chi connectivity index (χ0v) is 18.1. The average Bonchev–Trinajstić information content (AvgIpc) is 2.48. The van der Waals surface area contributed by atoms with E-state index in [1.807, 2.05) is 21.1 Å². The van der Waals surface area contributed by atoms with Gasteiger partial charge in [0.15, 0.2) is 0 Å². The summed E-state index contributed by atoms with van der Waals surface area (Å²) in [6.07, 6.45) is 4.60. The maximum atomic E-state index is 11.3. The highest BCUT2D eigenvalue weighted by molar-refractivity contribution is 7.44. The van der Waals surface area contributed by atoms with Gasteiger partial charge in [0.1, 0.15) is 18.8 Å². The monoisotopic (exact) mass is 397 g/mol. The van der Waals surface area contributed by atoms with Gasteiger partial charge in [-0.3, -0.25) is 4.57 Å². The molecule has 0 aliphatic carbocycles. The van der Waals surface area contributed by atoms with Gasteiger partial charge >= 0.3 is 0 Å². The van der Waals surface area contributed by atoms with Crippen LogP contribution < -0.4 is 4.89 Å². The molecule has 0 spiro atoms. The summed E-state index contributed by atoms with van der Waals surface area (Å²) in [6.45, 7) is 4.29. The van der Waals surface area contributed by atoms with Crippen LogP contribution in [0.2, 0.25) is 0 Å². The Morgan fingerprint density at radius 2 is 1.50 bits per heavy atom. The van der Waals surface area contributed by atoms with E-state index in [0.29, 0.717) is 17.3 Å². The van der Waals surface area contributed by atoms with Gasteiger partial charge in [0, 0.05) is 0 Å². The zero-order chi connectivity index (χ0) is 20.4. The maximum absolute atomic E-state index is 11.3. The van der Waals surface area contributed by atoms with E-state index in [0.717, 1.165) is 44.9 Å². The number of unbranched alkanes of at least 4 members (excludes halogenated alkanes) is 5. The molecule has 8 heteroatoms. The summed E-state index contributed by atoms with van der Waals surface area (Å²) in [5.41, 5.74) is -1.43. The SMILES string of the molecule is CCCCCCC(O)(CCCCC)C(O)C(C[N+](C)(C)C)OP(=O)([O-])O. The van der Waals surface area contributed by atoms with Crippen molar-refractivity contribution in [2.45, 2.75) is 89.4 Å². The van der Waals surface area contributed by atoms with Crippen LogP contribution in [-0.4, -0.2) is 65.1 Å². The Balaban J connectivity index is 5.33. The van der Waals surface area contributed by atoms with Gasteiger partial charge in [-0.15, -0.1) is 0 Å². The molecule has 0 fully saturated rings. The van der Waals surface area contributed by atoms with E-state index in [9.17, 15) is 19.7 Å². The Kier molecular flexibility index (Phi) is 11.7. The first-order valence-electron chi connectivity index (χ1n) is 9.77. The first-order chi connectivity index (χ1) is 11.8. The number of nitrogens with zero attached hydrogens (tertiary/aromatic N) is 1. The van der Waals surface area contributed by atoms with Crippen molar-refractivity contribution in [3.63, 3.8) is 0 Å². The molecular formula is C18H40NO6P. The third-order valence-corrected chi connectivity index (χ3v) is 5.11. The minimum atomic E-state index is -5.03. The summed E-state index contributed by atoms with van der Waals surface area (Å²) in [7, 11) is 0.450. The molecule has 0 amide bonds. The summed E-state index contributed by atoms with van der Waals surface area (Å²) in [5.74, 6) is 0. The van der Waals surface area contributed by atoms with E-state index < -0.39 is 25.6 Å².